The molecule has 4 N–H and O–H groups in total. The molecule has 0 saturated carbocycles. The van der Waals surface area contributed by atoms with Gasteiger partial charge in [-0.05, 0) is 43.0 Å². The molecular formula is C14H19N3O. The summed E-state index contributed by atoms with van der Waals surface area (Å²) in [5.41, 5.74) is 7.27. The minimum atomic E-state index is -0.284. The Morgan fingerprint density at radius 3 is 2.89 bits per heavy atom. The first kappa shape index (κ1) is 12.6. The van der Waals surface area contributed by atoms with Crippen LogP contribution in [0, 0.1) is 0 Å². The van der Waals surface area contributed by atoms with Crippen molar-refractivity contribution in [1.82, 2.24) is 10.3 Å². The van der Waals surface area contributed by atoms with Gasteiger partial charge >= 0.3 is 0 Å². The molecule has 0 fully saturated rings. The average molecular weight is 245 g/mol. The lowest BCUT2D eigenvalue weighted by Crippen LogP contribution is -2.42. The van der Waals surface area contributed by atoms with Crippen LogP contribution in [0.2, 0.25) is 0 Å². The molecule has 0 spiro atoms. The molecule has 96 valence electrons. The molecule has 0 atom stereocenters. The lowest BCUT2D eigenvalue weighted by molar-refractivity contribution is -0.119. The number of fused-ring (bicyclic) bond motifs is 1. The Hall–Kier alpha value is -1.81. The van der Waals surface area contributed by atoms with E-state index in [0.717, 1.165) is 12.1 Å². The predicted octanol–water partition coefficient (Wildman–Crippen LogP) is 1.91. The Morgan fingerprint density at radius 1 is 1.39 bits per heavy atom. The van der Waals surface area contributed by atoms with E-state index in [1.807, 2.05) is 26.1 Å². The number of H-pyrrole nitrogens is 1. The first-order valence-electron chi connectivity index (χ1n) is 6.06. The van der Waals surface area contributed by atoms with E-state index in [4.69, 9.17) is 5.73 Å². The van der Waals surface area contributed by atoms with Crippen LogP contribution in [-0.2, 0) is 11.3 Å². The van der Waals surface area contributed by atoms with Crippen LogP contribution in [0.5, 0.6) is 0 Å². The Morgan fingerprint density at radius 2 is 2.17 bits per heavy atom. The highest BCUT2D eigenvalue weighted by molar-refractivity contribution is 5.79. The largest absolute Gasteiger partial charge is 0.370 e. The number of primary amides is 1. The van der Waals surface area contributed by atoms with Crippen molar-refractivity contribution in [1.29, 1.82) is 0 Å². The van der Waals surface area contributed by atoms with Crippen LogP contribution in [0.4, 0.5) is 0 Å². The number of hydrogen-bond acceptors (Lipinski definition) is 2. The zero-order chi connectivity index (χ0) is 13.2. The molecule has 1 amide bonds. The number of rotatable bonds is 5. The lowest BCUT2D eigenvalue weighted by atomic mass is 9.99. The summed E-state index contributed by atoms with van der Waals surface area (Å²) >= 11 is 0. The number of carbonyl (C=O) groups is 1. The fourth-order valence-electron chi connectivity index (χ4n) is 2.05. The molecule has 4 heteroatoms. The zero-order valence-electron chi connectivity index (χ0n) is 10.8. The Balaban J connectivity index is 2.03. The highest BCUT2D eigenvalue weighted by Gasteiger charge is 2.19. The summed E-state index contributed by atoms with van der Waals surface area (Å²) in [5.74, 6) is -0.284. The van der Waals surface area contributed by atoms with E-state index >= 15 is 0 Å². The molecule has 1 aromatic carbocycles. The van der Waals surface area contributed by atoms with Crippen molar-refractivity contribution < 1.29 is 4.79 Å². The summed E-state index contributed by atoms with van der Waals surface area (Å²) in [7, 11) is 0. The Kier molecular flexibility index (Phi) is 3.39. The van der Waals surface area contributed by atoms with Gasteiger partial charge in [-0.25, -0.2) is 0 Å². The second-order valence-electron chi connectivity index (χ2n) is 5.28. The first-order valence-corrected chi connectivity index (χ1v) is 6.06. The molecule has 0 unspecified atom stereocenters. The number of amides is 1. The fraction of sp³-hybridized carbons (Fsp3) is 0.357. The topological polar surface area (TPSA) is 70.9 Å². The van der Waals surface area contributed by atoms with Crippen molar-refractivity contribution in [3.8, 4) is 0 Å². The van der Waals surface area contributed by atoms with E-state index in [2.05, 4.69) is 28.5 Å². The van der Waals surface area contributed by atoms with Crippen LogP contribution in [0.1, 0.15) is 25.8 Å². The van der Waals surface area contributed by atoms with Crippen LogP contribution >= 0.6 is 0 Å². The number of nitrogens with one attached hydrogen (secondary N) is 2. The van der Waals surface area contributed by atoms with E-state index in [1.165, 1.54) is 10.9 Å². The average Bonchev–Trinajstić information content (AvgIpc) is 2.71. The number of benzene rings is 1. The highest BCUT2D eigenvalue weighted by Crippen LogP contribution is 2.15. The van der Waals surface area contributed by atoms with E-state index in [9.17, 15) is 4.79 Å². The number of aromatic nitrogens is 1. The van der Waals surface area contributed by atoms with Gasteiger partial charge in [-0.2, -0.15) is 0 Å². The zero-order valence-corrected chi connectivity index (χ0v) is 10.8. The first-order chi connectivity index (χ1) is 8.46. The van der Waals surface area contributed by atoms with Crippen LogP contribution in [0.15, 0.2) is 30.5 Å². The second kappa shape index (κ2) is 4.82. The van der Waals surface area contributed by atoms with Crippen molar-refractivity contribution in [2.75, 3.05) is 0 Å². The number of hydrogen-bond donors (Lipinski definition) is 3. The number of nitrogens with two attached hydrogens (primary N) is 1. The quantitative estimate of drug-likeness (QED) is 0.753. The van der Waals surface area contributed by atoms with Gasteiger partial charge in [0.25, 0.3) is 0 Å². The van der Waals surface area contributed by atoms with Crippen molar-refractivity contribution in [3.63, 3.8) is 0 Å². The maximum absolute atomic E-state index is 10.9. The molecule has 4 nitrogen and oxygen atoms in total. The SMILES string of the molecule is CC(C)(CC(N)=O)NCc1ccc2[nH]ccc2c1. The van der Waals surface area contributed by atoms with Gasteiger partial charge in [0.05, 0.1) is 0 Å². The van der Waals surface area contributed by atoms with Gasteiger partial charge in [0.2, 0.25) is 5.91 Å². The summed E-state index contributed by atoms with van der Waals surface area (Å²) in [6.07, 6.45) is 2.26. The van der Waals surface area contributed by atoms with Crippen LogP contribution < -0.4 is 11.1 Å². The Labute approximate surface area is 107 Å². The van der Waals surface area contributed by atoms with Crippen LogP contribution in [0.3, 0.4) is 0 Å². The molecule has 0 saturated heterocycles. The standard InChI is InChI=1S/C14H19N3O/c1-14(2,8-13(15)18)17-9-10-3-4-12-11(7-10)5-6-16-12/h3-7,16-17H,8-9H2,1-2H3,(H2,15,18). The minimum absolute atomic E-state index is 0.279. The molecule has 0 aliphatic heterocycles. The minimum Gasteiger partial charge on any atom is -0.370 e. The smallest absolute Gasteiger partial charge is 0.219 e. The molecule has 1 aromatic heterocycles. The molecule has 2 rings (SSSR count). The van der Waals surface area contributed by atoms with E-state index in [0.29, 0.717) is 6.42 Å². The van der Waals surface area contributed by atoms with E-state index in [-0.39, 0.29) is 11.4 Å². The molecule has 18 heavy (non-hydrogen) atoms. The maximum atomic E-state index is 10.9. The van der Waals surface area contributed by atoms with Crippen LogP contribution in [-0.4, -0.2) is 16.4 Å². The van der Waals surface area contributed by atoms with Gasteiger partial charge in [-0.3, -0.25) is 4.79 Å². The molecular weight excluding hydrogens is 226 g/mol. The predicted molar refractivity (Wildman–Crippen MR) is 73.0 cm³/mol. The third-order valence-corrected chi connectivity index (χ3v) is 3.00. The summed E-state index contributed by atoms with van der Waals surface area (Å²) in [6.45, 7) is 4.68. The van der Waals surface area contributed by atoms with Gasteiger partial charge in [-0.15, -0.1) is 0 Å². The van der Waals surface area contributed by atoms with Crippen molar-refractivity contribution in [2.24, 2.45) is 5.73 Å². The lowest BCUT2D eigenvalue weighted by Gasteiger charge is -2.24. The van der Waals surface area contributed by atoms with Crippen LogP contribution in [0.25, 0.3) is 10.9 Å². The van der Waals surface area contributed by atoms with Gasteiger partial charge < -0.3 is 16.0 Å². The summed E-state index contributed by atoms with van der Waals surface area (Å²) < 4.78 is 0. The van der Waals surface area contributed by atoms with Gasteiger partial charge in [-0.1, -0.05) is 6.07 Å². The fourth-order valence-corrected chi connectivity index (χ4v) is 2.05. The van der Waals surface area contributed by atoms with E-state index < -0.39 is 0 Å². The van der Waals surface area contributed by atoms with E-state index in [1.54, 1.807) is 0 Å². The normalized spacial score (nSPS) is 11.9. The van der Waals surface area contributed by atoms with Gasteiger partial charge in [0.1, 0.15) is 0 Å². The summed E-state index contributed by atoms with van der Waals surface area (Å²) in [4.78, 5) is 14.1. The molecule has 2 aromatic rings. The molecule has 0 aliphatic carbocycles. The second-order valence-corrected chi connectivity index (χ2v) is 5.28. The van der Waals surface area contributed by atoms with Crippen molar-refractivity contribution in [2.45, 2.75) is 32.4 Å². The molecule has 0 aliphatic rings. The highest BCUT2D eigenvalue weighted by atomic mass is 16.1. The monoisotopic (exact) mass is 245 g/mol. The van der Waals surface area contributed by atoms with Gasteiger partial charge in [0, 0.05) is 30.2 Å². The summed E-state index contributed by atoms with van der Waals surface area (Å²) in [5, 5.41) is 4.55. The molecule has 0 radical (unpaired) electrons. The molecule has 1 heterocycles. The van der Waals surface area contributed by atoms with Crippen molar-refractivity contribution in [3.05, 3.63) is 36.0 Å². The number of aromatic amines is 1. The third kappa shape index (κ3) is 3.11. The number of carbonyl (C=O) groups excluding carboxylic acids is 1. The van der Waals surface area contributed by atoms with Crippen molar-refractivity contribution >= 4 is 16.8 Å². The van der Waals surface area contributed by atoms with Gasteiger partial charge in [0.15, 0.2) is 0 Å². The third-order valence-electron chi connectivity index (χ3n) is 3.00. The maximum Gasteiger partial charge on any atom is 0.219 e. The summed E-state index contributed by atoms with van der Waals surface area (Å²) in [6, 6.07) is 8.33. The Bertz CT molecular complexity index is 557. The molecule has 0 bridgehead atoms.